The summed E-state index contributed by atoms with van der Waals surface area (Å²) in [5, 5.41) is 18.9. The zero-order chi connectivity index (χ0) is 16.7. The van der Waals surface area contributed by atoms with Crippen molar-refractivity contribution in [1.82, 2.24) is 20.4 Å². The number of rotatable bonds is 7. The van der Waals surface area contributed by atoms with Crippen molar-refractivity contribution in [3.05, 3.63) is 16.9 Å². The van der Waals surface area contributed by atoms with Crippen LogP contribution in [0.1, 0.15) is 38.5 Å². The number of nitrogens with one attached hydrogen (secondary N) is 2. The van der Waals surface area contributed by atoms with Gasteiger partial charge in [0, 0.05) is 25.3 Å². The molecule has 8 heteroatoms. The molecule has 0 bridgehead atoms. The van der Waals surface area contributed by atoms with E-state index < -0.39 is 5.97 Å². The predicted molar refractivity (Wildman–Crippen MR) is 89.1 cm³/mol. The SMILES string of the molecule is O=C(NCCCCn1cc(Br)cn1)NC1CCC(C(=O)O)CC1. The van der Waals surface area contributed by atoms with E-state index in [2.05, 4.69) is 31.7 Å². The fraction of sp³-hybridized carbons (Fsp3) is 0.667. The Kier molecular flexibility index (Phi) is 6.88. The van der Waals surface area contributed by atoms with Gasteiger partial charge in [-0.25, -0.2) is 4.79 Å². The number of hydrogen-bond acceptors (Lipinski definition) is 3. The third kappa shape index (κ3) is 6.21. The number of carboxylic acid groups (broad SMARTS) is 1. The number of hydrogen-bond donors (Lipinski definition) is 3. The second kappa shape index (κ2) is 8.90. The van der Waals surface area contributed by atoms with Crippen LogP contribution in [0.2, 0.25) is 0 Å². The Morgan fingerprint density at radius 2 is 2.04 bits per heavy atom. The van der Waals surface area contributed by atoms with Crippen molar-refractivity contribution in [3.8, 4) is 0 Å². The Labute approximate surface area is 143 Å². The number of amides is 2. The molecule has 0 aromatic carbocycles. The molecule has 0 aliphatic heterocycles. The van der Waals surface area contributed by atoms with Gasteiger partial charge in [-0.15, -0.1) is 0 Å². The van der Waals surface area contributed by atoms with E-state index in [-0.39, 0.29) is 18.0 Å². The highest BCUT2D eigenvalue weighted by molar-refractivity contribution is 9.10. The number of aromatic nitrogens is 2. The van der Waals surface area contributed by atoms with E-state index in [0.717, 1.165) is 36.7 Å². The second-order valence-corrected chi connectivity index (χ2v) is 6.83. The highest BCUT2D eigenvalue weighted by atomic mass is 79.9. The van der Waals surface area contributed by atoms with Crippen LogP contribution < -0.4 is 10.6 Å². The van der Waals surface area contributed by atoms with Gasteiger partial charge in [-0.1, -0.05) is 0 Å². The summed E-state index contributed by atoms with van der Waals surface area (Å²) >= 11 is 3.35. The molecule has 0 saturated heterocycles. The summed E-state index contributed by atoms with van der Waals surface area (Å²) in [6, 6.07) is -0.0716. The van der Waals surface area contributed by atoms with E-state index in [9.17, 15) is 9.59 Å². The van der Waals surface area contributed by atoms with Gasteiger partial charge in [0.2, 0.25) is 0 Å². The molecule has 0 atom stereocenters. The lowest BCUT2D eigenvalue weighted by Crippen LogP contribution is -2.44. The smallest absolute Gasteiger partial charge is 0.315 e. The van der Waals surface area contributed by atoms with Crippen molar-refractivity contribution in [2.24, 2.45) is 5.92 Å². The lowest BCUT2D eigenvalue weighted by atomic mass is 9.86. The van der Waals surface area contributed by atoms with E-state index in [1.165, 1.54) is 0 Å². The van der Waals surface area contributed by atoms with Crippen molar-refractivity contribution in [2.75, 3.05) is 6.54 Å². The van der Waals surface area contributed by atoms with Crippen LogP contribution in [0.5, 0.6) is 0 Å². The molecule has 1 aliphatic rings. The Morgan fingerprint density at radius 3 is 2.65 bits per heavy atom. The topological polar surface area (TPSA) is 96.3 Å². The van der Waals surface area contributed by atoms with Crippen LogP contribution in [0.15, 0.2) is 16.9 Å². The van der Waals surface area contributed by atoms with Crippen LogP contribution in [-0.4, -0.2) is 39.5 Å². The molecule has 1 aliphatic carbocycles. The first-order valence-corrected chi connectivity index (χ1v) is 8.79. The van der Waals surface area contributed by atoms with E-state index >= 15 is 0 Å². The maximum atomic E-state index is 11.8. The van der Waals surface area contributed by atoms with Crippen molar-refractivity contribution in [3.63, 3.8) is 0 Å². The van der Waals surface area contributed by atoms with Gasteiger partial charge in [0.25, 0.3) is 0 Å². The minimum absolute atomic E-state index is 0.0898. The molecule has 7 nitrogen and oxygen atoms in total. The summed E-state index contributed by atoms with van der Waals surface area (Å²) in [5.74, 6) is -0.976. The first-order valence-electron chi connectivity index (χ1n) is 7.99. The van der Waals surface area contributed by atoms with Gasteiger partial charge in [0.15, 0.2) is 0 Å². The molecule has 0 spiro atoms. The number of nitrogens with zero attached hydrogens (tertiary/aromatic N) is 2. The van der Waals surface area contributed by atoms with Gasteiger partial charge in [0.1, 0.15) is 0 Å². The molecule has 0 unspecified atom stereocenters. The minimum atomic E-state index is -0.725. The summed E-state index contributed by atoms with van der Waals surface area (Å²) in [4.78, 5) is 22.7. The first-order chi connectivity index (χ1) is 11.0. The van der Waals surface area contributed by atoms with Crippen LogP contribution in [0.3, 0.4) is 0 Å². The third-order valence-electron chi connectivity index (χ3n) is 4.11. The normalized spacial score (nSPS) is 20.9. The average molecular weight is 387 g/mol. The molecular weight excluding hydrogens is 364 g/mol. The van der Waals surface area contributed by atoms with E-state index in [1.807, 2.05) is 10.9 Å². The first kappa shape index (κ1) is 17.8. The average Bonchev–Trinajstić information content (AvgIpc) is 2.93. The summed E-state index contributed by atoms with van der Waals surface area (Å²) in [6.45, 7) is 1.45. The Morgan fingerprint density at radius 1 is 1.30 bits per heavy atom. The van der Waals surface area contributed by atoms with Crippen LogP contribution in [-0.2, 0) is 11.3 Å². The lowest BCUT2D eigenvalue weighted by molar-refractivity contribution is -0.142. The molecule has 1 aromatic heterocycles. The number of unbranched alkanes of at least 4 members (excludes halogenated alkanes) is 1. The fourth-order valence-electron chi connectivity index (χ4n) is 2.78. The number of carboxylic acids is 1. The van der Waals surface area contributed by atoms with Gasteiger partial charge in [-0.05, 0) is 54.5 Å². The van der Waals surface area contributed by atoms with Gasteiger partial charge in [0.05, 0.1) is 16.6 Å². The molecule has 1 saturated carbocycles. The third-order valence-corrected chi connectivity index (χ3v) is 4.52. The highest BCUT2D eigenvalue weighted by Crippen LogP contribution is 2.24. The van der Waals surface area contributed by atoms with Gasteiger partial charge < -0.3 is 15.7 Å². The van der Waals surface area contributed by atoms with Crippen molar-refractivity contribution >= 4 is 27.9 Å². The van der Waals surface area contributed by atoms with Crippen LogP contribution in [0.4, 0.5) is 4.79 Å². The molecule has 1 fully saturated rings. The lowest BCUT2D eigenvalue weighted by Gasteiger charge is -2.26. The molecule has 2 rings (SSSR count). The zero-order valence-corrected chi connectivity index (χ0v) is 14.6. The molecule has 0 radical (unpaired) electrons. The largest absolute Gasteiger partial charge is 0.481 e. The summed E-state index contributed by atoms with van der Waals surface area (Å²) < 4.78 is 2.83. The van der Waals surface area contributed by atoms with Crippen molar-refractivity contribution < 1.29 is 14.7 Å². The van der Waals surface area contributed by atoms with E-state index in [4.69, 9.17) is 5.11 Å². The highest BCUT2D eigenvalue weighted by Gasteiger charge is 2.26. The summed E-state index contributed by atoms with van der Waals surface area (Å²) in [6.07, 6.45) is 8.25. The number of halogens is 1. The number of urea groups is 1. The Hall–Kier alpha value is -1.57. The predicted octanol–water partition coefficient (Wildman–Crippen LogP) is 2.37. The monoisotopic (exact) mass is 386 g/mol. The number of carbonyl (C=O) groups is 2. The second-order valence-electron chi connectivity index (χ2n) is 5.92. The molecule has 1 aromatic rings. The molecule has 1 heterocycles. The number of aryl methyl sites for hydroxylation is 1. The van der Waals surface area contributed by atoms with Gasteiger partial charge >= 0.3 is 12.0 Å². The van der Waals surface area contributed by atoms with Crippen LogP contribution in [0.25, 0.3) is 0 Å². The van der Waals surface area contributed by atoms with Crippen molar-refractivity contribution in [1.29, 1.82) is 0 Å². The maximum absolute atomic E-state index is 11.8. The van der Waals surface area contributed by atoms with Gasteiger partial charge in [-0.2, -0.15) is 5.10 Å². The molecule has 128 valence electrons. The molecular formula is C15H23BrN4O3. The fourth-order valence-corrected chi connectivity index (χ4v) is 3.11. The van der Waals surface area contributed by atoms with E-state index in [1.54, 1.807) is 6.20 Å². The molecule has 3 N–H and O–H groups in total. The quantitative estimate of drug-likeness (QED) is 0.626. The molecule has 23 heavy (non-hydrogen) atoms. The van der Waals surface area contributed by atoms with Gasteiger partial charge in [-0.3, -0.25) is 9.48 Å². The number of carbonyl (C=O) groups excluding carboxylic acids is 1. The van der Waals surface area contributed by atoms with E-state index in [0.29, 0.717) is 19.4 Å². The Balaban J connectivity index is 1.53. The van der Waals surface area contributed by atoms with Crippen LogP contribution in [0, 0.1) is 5.92 Å². The summed E-state index contributed by atoms with van der Waals surface area (Å²) in [7, 11) is 0. The standard InChI is InChI=1S/C15H23BrN4O3/c16-12-9-18-20(10-12)8-2-1-7-17-15(23)19-13-5-3-11(4-6-13)14(21)22/h9-11,13H,1-8H2,(H,21,22)(H2,17,19,23). The zero-order valence-electron chi connectivity index (χ0n) is 13.0. The molecule has 2 amide bonds. The minimum Gasteiger partial charge on any atom is -0.481 e. The number of aliphatic carboxylic acids is 1. The van der Waals surface area contributed by atoms with Crippen LogP contribution >= 0.6 is 15.9 Å². The van der Waals surface area contributed by atoms with Crippen molar-refractivity contribution in [2.45, 2.75) is 51.1 Å². The summed E-state index contributed by atoms with van der Waals surface area (Å²) in [5.41, 5.74) is 0. The maximum Gasteiger partial charge on any atom is 0.315 e. The Bertz CT molecular complexity index is 527.